The Balaban J connectivity index is 0.000000212. The minimum Gasteiger partial charge on any atom is -0.476 e. The van der Waals surface area contributed by atoms with Crippen LogP contribution in [0.5, 0.6) is 0 Å². The Morgan fingerprint density at radius 3 is 2.33 bits per heavy atom. The van der Waals surface area contributed by atoms with Gasteiger partial charge in [-0.3, -0.25) is 4.79 Å². The highest BCUT2D eigenvalue weighted by molar-refractivity contribution is 7.09. The number of aromatic carboxylic acids is 1. The maximum atomic E-state index is 11.9. The maximum Gasteiger partial charge on any atom is 0.355 e. The summed E-state index contributed by atoms with van der Waals surface area (Å²) in [5.41, 5.74) is 0.131. The Hall–Kier alpha value is -1.47. The molecule has 6 nitrogen and oxygen atoms in total. The fourth-order valence-electron chi connectivity index (χ4n) is 4.29. The average Bonchev–Trinajstić information content (AvgIpc) is 3.44. The molecule has 1 amide bonds. The van der Waals surface area contributed by atoms with E-state index in [1.807, 2.05) is 4.90 Å². The second kappa shape index (κ2) is 11.8. The van der Waals surface area contributed by atoms with Crippen molar-refractivity contribution >= 4 is 23.2 Å². The number of hydrogen-bond acceptors (Lipinski definition) is 5. The van der Waals surface area contributed by atoms with Crippen molar-refractivity contribution < 1.29 is 14.7 Å². The summed E-state index contributed by atoms with van der Waals surface area (Å²) in [6, 6.07) is 1.81. The van der Waals surface area contributed by atoms with Gasteiger partial charge in [-0.25, -0.2) is 9.78 Å². The van der Waals surface area contributed by atoms with Gasteiger partial charge >= 0.3 is 5.97 Å². The van der Waals surface area contributed by atoms with E-state index in [9.17, 15) is 9.59 Å². The van der Waals surface area contributed by atoms with Gasteiger partial charge in [0.1, 0.15) is 0 Å². The molecule has 3 aliphatic rings. The van der Waals surface area contributed by atoms with Crippen molar-refractivity contribution in [1.29, 1.82) is 0 Å². The summed E-state index contributed by atoms with van der Waals surface area (Å²) in [7, 11) is 0. The number of carbonyl (C=O) groups is 2. The Morgan fingerprint density at radius 1 is 1.10 bits per heavy atom. The Labute approximate surface area is 184 Å². The minimum atomic E-state index is -0.973. The summed E-state index contributed by atoms with van der Waals surface area (Å²) in [5, 5.41) is 15.1. The van der Waals surface area contributed by atoms with Crippen LogP contribution in [0.15, 0.2) is 5.38 Å². The molecule has 0 unspecified atom stereocenters. The number of hydrogen-bond donors (Lipinski definition) is 2. The van der Waals surface area contributed by atoms with Gasteiger partial charge < -0.3 is 15.3 Å². The number of carboxylic acid groups (broad SMARTS) is 1. The van der Waals surface area contributed by atoms with E-state index >= 15 is 0 Å². The van der Waals surface area contributed by atoms with E-state index in [2.05, 4.69) is 17.2 Å². The molecule has 2 saturated carbocycles. The van der Waals surface area contributed by atoms with E-state index in [1.54, 1.807) is 5.38 Å². The van der Waals surface area contributed by atoms with Crippen LogP contribution in [0.4, 0.5) is 0 Å². The number of likely N-dealkylation sites (tertiary alicyclic amines) is 1. The van der Waals surface area contributed by atoms with Crippen molar-refractivity contribution in [2.24, 2.45) is 0 Å². The number of aromatic nitrogens is 1. The molecule has 1 saturated heterocycles. The molecule has 2 aliphatic carbocycles. The Morgan fingerprint density at radius 2 is 1.77 bits per heavy atom. The highest BCUT2D eigenvalue weighted by Crippen LogP contribution is 2.30. The topological polar surface area (TPSA) is 82.5 Å². The number of carboxylic acids is 1. The predicted molar refractivity (Wildman–Crippen MR) is 120 cm³/mol. The summed E-state index contributed by atoms with van der Waals surface area (Å²) in [5.74, 6) is -0.432. The zero-order valence-corrected chi connectivity index (χ0v) is 19.1. The highest BCUT2D eigenvalue weighted by Gasteiger charge is 2.26. The van der Waals surface area contributed by atoms with Crippen LogP contribution in [0.1, 0.15) is 105 Å². The molecule has 0 atom stereocenters. The van der Waals surface area contributed by atoms with Crippen LogP contribution < -0.4 is 5.32 Å². The first-order valence-corrected chi connectivity index (χ1v) is 12.7. The first kappa shape index (κ1) is 23.2. The average molecular weight is 436 g/mol. The molecule has 1 aromatic heterocycles. The second-order valence-corrected chi connectivity index (χ2v) is 9.80. The molecule has 168 valence electrons. The number of piperidine rings is 1. The zero-order chi connectivity index (χ0) is 21.3. The number of nitrogens with one attached hydrogen (secondary N) is 1. The molecular formula is C23H37N3O3S. The van der Waals surface area contributed by atoms with Crippen molar-refractivity contribution in [2.45, 2.75) is 102 Å². The molecule has 1 aliphatic heterocycles. The SMILES string of the molecule is C1CCC(NC2CC2)CC1.CCCCC(=O)N1CCC(c2nc(C(=O)O)cs2)CC1. The molecule has 3 fully saturated rings. The lowest BCUT2D eigenvalue weighted by atomic mass is 9.95. The summed E-state index contributed by atoms with van der Waals surface area (Å²) < 4.78 is 0. The quantitative estimate of drug-likeness (QED) is 0.642. The largest absolute Gasteiger partial charge is 0.476 e. The van der Waals surface area contributed by atoms with Gasteiger partial charge in [-0.1, -0.05) is 32.6 Å². The van der Waals surface area contributed by atoms with E-state index < -0.39 is 5.97 Å². The fourth-order valence-corrected chi connectivity index (χ4v) is 5.25. The first-order valence-electron chi connectivity index (χ1n) is 11.8. The standard InChI is InChI=1S/C14H20N2O3S.C9H17N/c1-2-3-4-12(17)16-7-5-10(6-8-16)13-15-11(9-20-13)14(18)19;1-2-4-8(5-3-1)10-9-6-7-9/h9-10H,2-8H2,1H3,(H,18,19);8-10H,1-7H2. The molecule has 2 heterocycles. The van der Waals surface area contributed by atoms with Gasteiger partial charge in [0.05, 0.1) is 5.01 Å². The van der Waals surface area contributed by atoms with Crippen LogP contribution >= 0.6 is 11.3 Å². The van der Waals surface area contributed by atoms with Crippen LogP contribution in [0.25, 0.3) is 0 Å². The lowest BCUT2D eigenvalue weighted by Crippen LogP contribution is -2.37. The molecule has 0 aromatic carbocycles. The van der Waals surface area contributed by atoms with Crippen molar-refractivity contribution in [3.05, 3.63) is 16.1 Å². The summed E-state index contributed by atoms with van der Waals surface area (Å²) in [6.07, 6.45) is 14.6. The summed E-state index contributed by atoms with van der Waals surface area (Å²) in [6.45, 7) is 3.60. The van der Waals surface area contributed by atoms with Crippen LogP contribution in [-0.2, 0) is 4.79 Å². The van der Waals surface area contributed by atoms with Gasteiger partial charge in [0.2, 0.25) is 5.91 Å². The number of nitrogens with zero attached hydrogens (tertiary/aromatic N) is 2. The van der Waals surface area contributed by atoms with Crippen molar-refractivity contribution in [2.75, 3.05) is 13.1 Å². The molecular weight excluding hydrogens is 398 g/mol. The van der Waals surface area contributed by atoms with E-state index in [-0.39, 0.29) is 11.6 Å². The van der Waals surface area contributed by atoms with Gasteiger partial charge in [0.15, 0.2) is 5.69 Å². The smallest absolute Gasteiger partial charge is 0.355 e. The Kier molecular flexibility index (Phi) is 9.12. The van der Waals surface area contributed by atoms with Crippen molar-refractivity contribution in [3.8, 4) is 0 Å². The van der Waals surface area contributed by atoms with Crippen LogP contribution in [0.2, 0.25) is 0 Å². The number of carbonyl (C=O) groups excluding carboxylic acids is 1. The molecule has 0 radical (unpaired) electrons. The monoisotopic (exact) mass is 435 g/mol. The highest BCUT2D eigenvalue weighted by atomic mass is 32.1. The normalized spacial score (nSPS) is 20.5. The van der Waals surface area contributed by atoms with Crippen molar-refractivity contribution in [1.82, 2.24) is 15.2 Å². The summed E-state index contributed by atoms with van der Waals surface area (Å²) >= 11 is 1.41. The third kappa shape index (κ3) is 7.34. The molecule has 2 N–H and O–H groups in total. The van der Waals surface area contributed by atoms with E-state index in [4.69, 9.17) is 5.11 Å². The van der Waals surface area contributed by atoms with E-state index in [1.165, 1.54) is 56.3 Å². The van der Waals surface area contributed by atoms with Crippen molar-refractivity contribution in [3.63, 3.8) is 0 Å². The number of rotatable bonds is 7. The maximum absolute atomic E-state index is 11.9. The van der Waals surface area contributed by atoms with Gasteiger partial charge in [-0.05, 0) is 44.9 Å². The van der Waals surface area contributed by atoms with Gasteiger partial charge in [0.25, 0.3) is 0 Å². The third-order valence-electron chi connectivity index (χ3n) is 6.34. The van der Waals surface area contributed by atoms with E-state index in [0.29, 0.717) is 12.3 Å². The van der Waals surface area contributed by atoms with E-state index in [0.717, 1.165) is 55.9 Å². The number of thiazole rings is 1. The summed E-state index contributed by atoms with van der Waals surface area (Å²) in [4.78, 5) is 28.9. The first-order chi connectivity index (χ1) is 14.6. The predicted octanol–water partition coefficient (Wildman–Crippen LogP) is 4.81. The second-order valence-electron chi connectivity index (χ2n) is 8.91. The molecule has 0 spiro atoms. The lowest BCUT2D eigenvalue weighted by molar-refractivity contribution is -0.132. The number of unbranched alkanes of at least 4 members (excludes halogenated alkanes) is 1. The zero-order valence-electron chi connectivity index (χ0n) is 18.3. The van der Waals surface area contributed by atoms with Gasteiger partial charge in [-0.2, -0.15) is 0 Å². The van der Waals surface area contributed by atoms with Crippen LogP contribution in [0, 0.1) is 0 Å². The van der Waals surface area contributed by atoms with Crippen LogP contribution in [0.3, 0.4) is 0 Å². The number of amides is 1. The molecule has 7 heteroatoms. The molecule has 4 rings (SSSR count). The van der Waals surface area contributed by atoms with Gasteiger partial charge in [0, 0.05) is 42.9 Å². The Bertz CT molecular complexity index is 675. The lowest BCUT2D eigenvalue weighted by Gasteiger charge is -2.31. The fraction of sp³-hybridized carbons (Fsp3) is 0.783. The molecule has 0 bridgehead atoms. The minimum absolute atomic E-state index is 0.131. The van der Waals surface area contributed by atoms with Gasteiger partial charge in [-0.15, -0.1) is 11.3 Å². The van der Waals surface area contributed by atoms with Crippen LogP contribution in [-0.4, -0.2) is 52.0 Å². The molecule has 30 heavy (non-hydrogen) atoms. The molecule has 1 aromatic rings. The third-order valence-corrected chi connectivity index (χ3v) is 7.34.